The molecule has 0 fully saturated rings. The molecule has 1 aromatic carbocycles. The summed E-state index contributed by atoms with van der Waals surface area (Å²) < 4.78 is 27.0. The smallest absolute Gasteiger partial charge is 0.273 e. The first-order valence-electron chi connectivity index (χ1n) is 5.91. The molecular formula is C13H14N2O2S3. The van der Waals surface area contributed by atoms with E-state index in [0.29, 0.717) is 21.3 Å². The third-order valence-corrected chi connectivity index (χ3v) is 6.05. The number of sulfonamides is 1. The van der Waals surface area contributed by atoms with Gasteiger partial charge in [0.05, 0.1) is 10.7 Å². The molecule has 0 aliphatic carbocycles. The van der Waals surface area contributed by atoms with Crippen LogP contribution in [0, 0.1) is 0 Å². The zero-order chi connectivity index (χ0) is 14.6. The molecule has 2 aromatic rings. The summed E-state index contributed by atoms with van der Waals surface area (Å²) in [6, 6.07) is 12.3. The zero-order valence-corrected chi connectivity index (χ0v) is 13.0. The first-order valence-corrected chi connectivity index (χ1v) is 8.64. The molecule has 0 atom stereocenters. The van der Waals surface area contributed by atoms with Gasteiger partial charge in [-0.2, -0.15) is 0 Å². The van der Waals surface area contributed by atoms with E-state index in [4.69, 9.17) is 18.0 Å². The van der Waals surface area contributed by atoms with Gasteiger partial charge in [-0.25, -0.2) is 8.42 Å². The van der Waals surface area contributed by atoms with Gasteiger partial charge in [0.1, 0.15) is 4.21 Å². The number of thiocarbonyl (C=S) groups is 1. The summed E-state index contributed by atoms with van der Waals surface area (Å²) in [5.41, 5.74) is 6.10. The first-order chi connectivity index (χ1) is 9.51. The van der Waals surface area contributed by atoms with E-state index in [2.05, 4.69) is 0 Å². The van der Waals surface area contributed by atoms with Gasteiger partial charge in [0, 0.05) is 13.0 Å². The number of para-hydroxylation sites is 1. The average molecular weight is 326 g/mol. The number of benzene rings is 1. The maximum Gasteiger partial charge on any atom is 0.273 e. The predicted octanol–water partition coefficient (Wildman–Crippen LogP) is 2.62. The van der Waals surface area contributed by atoms with Gasteiger partial charge in [0.15, 0.2) is 0 Å². The van der Waals surface area contributed by atoms with Crippen LogP contribution in [0.4, 0.5) is 5.69 Å². The van der Waals surface area contributed by atoms with E-state index in [9.17, 15) is 8.42 Å². The minimum atomic E-state index is -3.57. The largest absolute Gasteiger partial charge is 0.393 e. The van der Waals surface area contributed by atoms with Gasteiger partial charge < -0.3 is 5.73 Å². The van der Waals surface area contributed by atoms with Crippen LogP contribution in [0.1, 0.15) is 6.42 Å². The molecule has 7 heteroatoms. The molecule has 0 unspecified atom stereocenters. The second-order valence-electron chi connectivity index (χ2n) is 4.06. The van der Waals surface area contributed by atoms with Crippen molar-refractivity contribution in [1.82, 2.24) is 0 Å². The normalized spacial score (nSPS) is 11.2. The maximum absolute atomic E-state index is 12.7. The number of hydrogen-bond donors (Lipinski definition) is 1. The van der Waals surface area contributed by atoms with E-state index in [1.165, 1.54) is 15.6 Å². The predicted molar refractivity (Wildman–Crippen MR) is 86.7 cm³/mol. The topological polar surface area (TPSA) is 63.4 Å². The Morgan fingerprint density at radius 1 is 1.20 bits per heavy atom. The SMILES string of the molecule is NC(=S)CCN(c1ccccc1)S(=O)(=O)c1cccs1. The Kier molecular flexibility index (Phi) is 4.74. The van der Waals surface area contributed by atoms with Crippen molar-refractivity contribution in [1.29, 1.82) is 0 Å². The van der Waals surface area contributed by atoms with Crippen LogP contribution in [0.3, 0.4) is 0 Å². The van der Waals surface area contributed by atoms with Crippen molar-refractivity contribution in [3.05, 3.63) is 47.8 Å². The number of anilines is 1. The zero-order valence-electron chi connectivity index (χ0n) is 10.6. The van der Waals surface area contributed by atoms with Gasteiger partial charge in [-0.05, 0) is 23.6 Å². The standard InChI is InChI=1S/C13H14N2O2S3/c14-12(18)8-9-15(11-5-2-1-3-6-11)20(16,17)13-7-4-10-19-13/h1-7,10H,8-9H2,(H2,14,18). The van der Waals surface area contributed by atoms with E-state index in [0.717, 1.165) is 0 Å². The molecule has 1 aromatic heterocycles. The van der Waals surface area contributed by atoms with E-state index in [-0.39, 0.29) is 6.54 Å². The van der Waals surface area contributed by atoms with Crippen molar-refractivity contribution in [3.63, 3.8) is 0 Å². The molecule has 20 heavy (non-hydrogen) atoms. The minimum absolute atomic E-state index is 0.236. The molecule has 0 spiro atoms. The fourth-order valence-corrected chi connectivity index (χ4v) is 4.37. The molecule has 0 saturated carbocycles. The molecule has 1 heterocycles. The lowest BCUT2D eigenvalue weighted by Crippen LogP contribution is -2.33. The average Bonchev–Trinajstić information content (AvgIpc) is 2.94. The second-order valence-corrected chi connectivity index (χ2v) is 7.62. The highest BCUT2D eigenvalue weighted by molar-refractivity contribution is 7.94. The van der Waals surface area contributed by atoms with Gasteiger partial charge in [-0.15, -0.1) is 11.3 Å². The summed E-state index contributed by atoms with van der Waals surface area (Å²) in [7, 11) is -3.57. The molecule has 0 radical (unpaired) electrons. The van der Waals surface area contributed by atoms with Crippen molar-refractivity contribution < 1.29 is 8.42 Å². The number of nitrogens with zero attached hydrogens (tertiary/aromatic N) is 1. The Morgan fingerprint density at radius 3 is 2.45 bits per heavy atom. The van der Waals surface area contributed by atoms with Crippen molar-refractivity contribution in [2.24, 2.45) is 5.73 Å². The molecule has 0 saturated heterocycles. The highest BCUT2D eigenvalue weighted by Crippen LogP contribution is 2.26. The third-order valence-electron chi connectivity index (χ3n) is 2.64. The molecule has 2 rings (SSSR count). The summed E-state index contributed by atoms with van der Waals surface area (Å²) in [6.45, 7) is 0.236. The molecule has 0 aliphatic heterocycles. The Balaban J connectivity index is 2.39. The van der Waals surface area contributed by atoms with E-state index in [1.807, 2.05) is 6.07 Å². The van der Waals surface area contributed by atoms with Gasteiger partial charge in [-0.1, -0.05) is 36.5 Å². The Labute approximate surface area is 127 Å². The Morgan fingerprint density at radius 2 is 1.90 bits per heavy atom. The summed E-state index contributed by atoms with van der Waals surface area (Å²) in [5, 5.41) is 1.74. The first kappa shape index (κ1) is 15.0. The van der Waals surface area contributed by atoms with Crippen LogP contribution in [0.5, 0.6) is 0 Å². The molecule has 4 nitrogen and oxygen atoms in total. The van der Waals surface area contributed by atoms with Crippen molar-refractivity contribution in [2.75, 3.05) is 10.8 Å². The van der Waals surface area contributed by atoms with E-state index >= 15 is 0 Å². The molecular weight excluding hydrogens is 312 g/mol. The van der Waals surface area contributed by atoms with Crippen molar-refractivity contribution in [3.8, 4) is 0 Å². The number of rotatable bonds is 6. The van der Waals surface area contributed by atoms with Crippen LogP contribution in [0.2, 0.25) is 0 Å². The third kappa shape index (κ3) is 3.36. The van der Waals surface area contributed by atoms with E-state index in [1.54, 1.807) is 41.8 Å². The minimum Gasteiger partial charge on any atom is -0.393 e. The van der Waals surface area contributed by atoms with Gasteiger partial charge >= 0.3 is 0 Å². The van der Waals surface area contributed by atoms with Gasteiger partial charge in [0.25, 0.3) is 10.0 Å². The lowest BCUT2D eigenvalue weighted by Gasteiger charge is -2.23. The van der Waals surface area contributed by atoms with Crippen LogP contribution < -0.4 is 10.0 Å². The molecule has 2 N–H and O–H groups in total. The van der Waals surface area contributed by atoms with Crippen LogP contribution in [0.25, 0.3) is 0 Å². The quantitative estimate of drug-likeness (QED) is 0.829. The van der Waals surface area contributed by atoms with Crippen molar-refractivity contribution in [2.45, 2.75) is 10.6 Å². The maximum atomic E-state index is 12.7. The highest BCUT2D eigenvalue weighted by Gasteiger charge is 2.25. The lowest BCUT2D eigenvalue weighted by molar-refractivity contribution is 0.593. The summed E-state index contributed by atoms with van der Waals surface area (Å²) in [4.78, 5) is 0.298. The van der Waals surface area contributed by atoms with Crippen LogP contribution in [-0.2, 0) is 10.0 Å². The Hall–Kier alpha value is -1.44. The molecule has 0 amide bonds. The number of thiophene rings is 1. The van der Waals surface area contributed by atoms with Gasteiger partial charge in [0.2, 0.25) is 0 Å². The monoisotopic (exact) mass is 326 g/mol. The molecule has 0 aliphatic rings. The van der Waals surface area contributed by atoms with E-state index < -0.39 is 10.0 Å². The summed E-state index contributed by atoms with van der Waals surface area (Å²) >= 11 is 6.04. The van der Waals surface area contributed by atoms with Crippen LogP contribution in [-0.4, -0.2) is 20.0 Å². The second kappa shape index (κ2) is 6.34. The van der Waals surface area contributed by atoms with Crippen molar-refractivity contribution >= 4 is 44.3 Å². The van der Waals surface area contributed by atoms with Gasteiger partial charge in [-0.3, -0.25) is 4.31 Å². The summed E-state index contributed by atoms with van der Waals surface area (Å²) in [6.07, 6.45) is 0.342. The number of hydrogen-bond acceptors (Lipinski definition) is 4. The number of nitrogens with two attached hydrogens (primary N) is 1. The van der Waals surface area contributed by atoms with Crippen LogP contribution in [0.15, 0.2) is 52.1 Å². The molecule has 0 bridgehead atoms. The Bertz CT molecular complexity index is 667. The fourth-order valence-electron chi connectivity index (χ4n) is 1.71. The van der Waals surface area contributed by atoms with Crippen LogP contribution >= 0.6 is 23.6 Å². The summed E-state index contributed by atoms with van der Waals surface area (Å²) in [5.74, 6) is 0. The fraction of sp³-hybridized carbons (Fsp3) is 0.154. The molecule has 106 valence electrons. The lowest BCUT2D eigenvalue weighted by atomic mass is 10.3. The highest BCUT2D eigenvalue weighted by atomic mass is 32.2.